The lowest BCUT2D eigenvalue weighted by molar-refractivity contribution is 0.186. The van der Waals surface area contributed by atoms with Crippen molar-refractivity contribution < 1.29 is 13.5 Å². The first-order chi connectivity index (χ1) is 6.45. The van der Waals surface area contributed by atoms with Gasteiger partial charge in [-0.1, -0.05) is 12.1 Å². The summed E-state index contributed by atoms with van der Waals surface area (Å²) in [6.45, 7) is 0.0766. The third-order valence-electron chi connectivity index (χ3n) is 1.89. The summed E-state index contributed by atoms with van der Waals surface area (Å²) in [6, 6.07) is 6.16. The molecule has 0 saturated carbocycles. The summed E-state index contributed by atoms with van der Waals surface area (Å²) < 4.78 is 22.4. The third-order valence-corrected chi connectivity index (χ3v) is 3.00. The van der Waals surface area contributed by atoms with Gasteiger partial charge in [-0.2, -0.15) is 0 Å². The summed E-state index contributed by atoms with van der Waals surface area (Å²) in [5.41, 5.74) is 5.79. The highest BCUT2D eigenvalue weighted by Crippen LogP contribution is 2.16. The predicted octanol–water partition coefficient (Wildman–Crippen LogP) is 0.504. The van der Waals surface area contributed by atoms with Crippen molar-refractivity contribution in [2.75, 3.05) is 12.8 Å². The maximum absolute atomic E-state index is 11.2. The van der Waals surface area contributed by atoms with Gasteiger partial charge in [0.15, 0.2) is 9.84 Å². The molecule has 0 aliphatic carbocycles. The molecule has 0 aromatic heterocycles. The van der Waals surface area contributed by atoms with Gasteiger partial charge < -0.3 is 10.8 Å². The van der Waals surface area contributed by atoms with Gasteiger partial charge in [-0.3, -0.25) is 0 Å². The van der Waals surface area contributed by atoms with Crippen molar-refractivity contribution in [2.24, 2.45) is 5.73 Å². The number of rotatable bonds is 3. The van der Waals surface area contributed by atoms with E-state index < -0.39 is 15.9 Å². The zero-order chi connectivity index (χ0) is 10.8. The number of benzene rings is 1. The van der Waals surface area contributed by atoms with Crippen molar-refractivity contribution in [3.63, 3.8) is 0 Å². The summed E-state index contributed by atoms with van der Waals surface area (Å²) >= 11 is 0. The summed E-state index contributed by atoms with van der Waals surface area (Å²) in [7, 11) is -3.22. The molecular formula is C9H14ClNO3S. The van der Waals surface area contributed by atoms with Gasteiger partial charge in [-0.05, 0) is 17.7 Å². The average molecular weight is 252 g/mol. The number of sulfone groups is 1. The van der Waals surface area contributed by atoms with Gasteiger partial charge in [-0.15, -0.1) is 12.4 Å². The monoisotopic (exact) mass is 251 g/mol. The van der Waals surface area contributed by atoms with Gasteiger partial charge in [0, 0.05) is 12.8 Å². The van der Waals surface area contributed by atoms with Gasteiger partial charge >= 0.3 is 0 Å². The van der Waals surface area contributed by atoms with Gasteiger partial charge in [0.25, 0.3) is 0 Å². The standard InChI is InChI=1S/C9H13NO3S.ClH/c1-14(12,13)8-4-2-3-7(5-8)9(11)6-10;/h2-5,9,11H,6,10H2,1H3;1H. The molecule has 15 heavy (non-hydrogen) atoms. The molecule has 1 atom stereocenters. The van der Waals surface area contributed by atoms with Crippen LogP contribution >= 0.6 is 12.4 Å². The average Bonchev–Trinajstić information content (AvgIpc) is 2.15. The van der Waals surface area contributed by atoms with Crippen LogP contribution in [0, 0.1) is 0 Å². The third kappa shape index (κ3) is 3.79. The van der Waals surface area contributed by atoms with Crippen LogP contribution in [0.3, 0.4) is 0 Å². The van der Waals surface area contributed by atoms with Crippen LogP contribution in [-0.4, -0.2) is 26.3 Å². The molecule has 86 valence electrons. The molecule has 0 radical (unpaired) electrons. The zero-order valence-electron chi connectivity index (χ0n) is 8.25. The molecule has 1 aromatic rings. The molecule has 0 aliphatic heterocycles. The molecule has 0 saturated heterocycles. The van der Waals surface area contributed by atoms with Crippen LogP contribution in [0.4, 0.5) is 0 Å². The number of halogens is 1. The predicted molar refractivity (Wildman–Crippen MR) is 60.8 cm³/mol. The summed E-state index contributed by atoms with van der Waals surface area (Å²) in [4.78, 5) is 0.197. The summed E-state index contributed by atoms with van der Waals surface area (Å²) in [5.74, 6) is 0. The first-order valence-corrected chi connectivity index (χ1v) is 6.02. The maximum atomic E-state index is 11.2. The minimum absolute atomic E-state index is 0. The largest absolute Gasteiger partial charge is 0.387 e. The smallest absolute Gasteiger partial charge is 0.175 e. The second kappa shape index (κ2) is 5.46. The second-order valence-electron chi connectivity index (χ2n) is 3.10. The summed E-state index contributed by atoms with van der Waals surface area (Å²) in [6.07, 6.45) is 0.317. The van der Waals surface area contributed by atoms with E-state index in [9.17, 15) is 13.5 Å². The molecule has 3 N–H and O–H groups in total. The second-order valence-corrected chi connectivity index (χ2v) is 5.11. The molecule has 0 spiro atoms. The first-order valence-electron chi connectivity index (χ1n) is 4.13. The lowest BCUT2D eigenvalue weighted by atomic mass is 10.1. The highest BCUT2D eigenvalue weighted by Gasteiger charge is 2.10. The highest BCUT2D eigenvalue weighted by atomic mass is 35.5. The number of aliphatic hydroxyl groups is 1. The Hall–Kier alpha value is -0.620. The Morgan fingerprint density at radius 2 is 2.07 bits per heavy atom. The highest BCUT2D eigenvalue weighted by molar-refractivity contribution is 7.90. The lowest BCUT2D eigenvalue weighted by Gasteiger charge is -2.08. The van der Waals surface area contributed by atoms with E-state index >= 15 is 0 Å². The van der Waals surface area contributed by atoms with E-state index in [0.29, 0.717) is 5.56 Å². The quantitative estimate of drug-likeness (QED) is 0.820. The Labute approximate surface area is 95.4 Å². The van der Waals surface area contributed by atoms with E-state index in [1.54, 1.807) is 12.1 Å². The molecule has 0 bridgehead atoms. The molecule has 4 nitrogen and oxygen atoms in total. The fourth-order valence-electron chi connectivity index (χ4n) is 1.09. The SMILES string of the molecule is CS(=O)(=O)c1cccc(C(O)CN)c1.Cl. The van der Waals surface area contributed by atoms with Crippen LogP contribution in [0.2, 0.25) is 0 Å². The van der Waals surface area contributed by atoms with Gasteiger partial charge in [0.2, 0.25) is 0 Å². The number of hydrogen-bond donors (Lipinski definition) is 2. The van der Waals surface area contributed by atoms with E-state index in [1.165, 1.54) is 12.1 Å². The first kappa shape index (κ1) is 14.4. The molecule has 0 fully saturated rings. The van der Waals surface area contributed by atoms with Gasteiger partial charge in [-0.25, -0.2) is 8.42 Å². The number of aliphatic hydroxyl groups excluding tert-OH is 1. The van der Waals surface area contributed by atoms with Crippen molar-refractivity contribution in [1.29, 1.82) is 0 Å². The van der Waals surface area contributed by atoms with E-state index in [-0.39, 0.29) is 23.8 Å². The van der Waals surface area contributed by atoms with Crippen LogP contribution < -0.4 is 5.73 Å². The summed E-state index contributed by atoms with van der Waals surface area (Å²) in [5, 5.41) is 9.40. The maximum Gasteiger partial charge on any atom is 0.175 e. The van der Waals surface area contributed by atoms with E-state index in [1.807, 2.05) is 0 Å². The lowest BCUT2D eigenvalue weighted by Crippen LogP contribution is -2.12. The van der Waals surface area contributed by atoms with Crippen LogP contribution in [0.1, 0.15) is 11.7 Å². The minimum Gasteiger partial charge on any atom is -0.387 e. The van der Waals surface area contributed by atoms with Crippen molar-refractivity contribution in [3.8, 4) is 0 Å². The van der Waals surface area contributed by atoms with E-state index in [4.69, 9.17) is 5.73 Å². The fraction of sp³-hybridized carbons (Fsp3) is 0.333. The molecule has 1 rings (SSSR count). The minimum atomic E-state index is -3.22. The van der Waals surface area contributed by atoms with Crippen LogP contribution in [0.5, 0.6) is 0 Å². The van der Waals surface area contributed by atoms with E-state index in [2.05, 4.69) is 0 Å². The molecule has 6 heteroatoms. The Balaban J connectivity index is 0.00000196. The Morgan fingerprint density at radius 1 is 1.47 bits per heavy atom. The van der Waals surface area contributed by atoms with Crippen LogP contribution in [0.25, 0.3) is 0 Å². The van der Waals surface area contributed by atoms with Crippen molar-refractivity contribution in [3.05, 3.63) is 29.8 Å². The van der Waals surface area contributed by atoms with Crippen molar-refractivity contribution in [1.82, 2.24) is 0 Å². The van der Waals surface area contributed by atoms with Crippen molar-refractivity contribution in [2.45, 2.75) is 11.0 Å². The molecule has 0 aliphatic rings. The number of nitrogens with two attached hydrogens (primary N) is 1. The van der Waals surface area contributed by atoms with E-state index in [0.717, 1.165) is 6.26 Å². The number of hydrogen-bond acceptors (Lipinski definition) is 4. The molecule has 1 unspecified atom stereocenters. The van der Waals surface area contributed by atoms with Crippen molar-refractivity contribution >= 4 is 22.2 Å². The topological polar surface area (TPSA) is 80.4 Å². The van der Waals surface area contributed by atoms with Gasteiger partial charge in [0.1, 0.15) is 0 Å². The normalized spacial score (nSPS) is 13.0. The Bertz CT molecular complexity index is 419. The fourth-order valence-corrected chi connectivity index (χ4v) is 1.76. The molecule has 0 amide bonds. The molecular weight excluding hydrogens is 238 g/mol. The zero-order valence-corrected chi connectivity index (χ0v) is 9.88. The van der Waals surface area contributed by atoms with Gasteiger partial charge in [0.05, 0.1) is 11.0 Å². The molecule has 0 heterocycles. The Morgan fingerprint density at radius 3 is 2.53 bits per heavy atom. The Kier molecular flexibility index (Phi) is 5.23. The molecule has 1 aromatic carbocycles. The van der Waals surface area contributed by atoms with Crippen LogP contribution in [0.15, 0.2) is 29.2 Å². The van der Waals surface area contributed by atoms with Crippen LogP contribution in [-0.2, 0) is 9.84 Å².